The van der Waals surface area contributed by atoms with Crippen LogP contribution in [-0.4, -0.2) is 71.6 Å². The molecule has 0 atom stereocenters. The predicted octanol–water partition coefficient (Wildman–Crippen LogP) is 9.69. The summed E-state index contributed by atoms with van der Waals surface area (Å²) in [6.07, 6.45) is 5.58. The van der Waals surface area contributed by atoms with Crippen LogP contribution >= 0.6 is 34.3 Å². The standard InChI is InChI=1S/C23H27N3O3S2.C22H23ClN2OS.CH5NO2S/c1-4-12-26-20(15-17-10-14-30-23(17)26)22(27)21-16(2)25(13-7-11-24-31(3,28)29)19-9-6-5-8-18(19)21;1-3-11-25-19(14-16-9-13-27-22(16)25)21(26)20-15(2)24(12-6-10-23)18-8-5-4-7-17(18)20;1-5(2,3)4/h5-6,8-10,14-15,24H,4,7,11-13H2,1-3H3;4-5,7-9,13-14H,3,6,10-12H2,1-2H3;1H3,(H2,2,3,4). The number of sulfonamides is 2. The zero-order chi connectivity index (χ0) is 45.6. The lowest BCUT2D eigenvalue weighted by Gasteiger charge is -2.10. The Balaban J connectivity index is 0.000000191. The van der Waals surface area contributed by atoms with E-state index in [0.717, 1.165) is 123 Å². The molecule has 6 aromatic heterocycles. The quantitative estimate of drug-likeness (QED) is 0.0557. The molecule has 8 aromatic rings. The Labute approximate surface area is 382 Å². The van der Waals surface area contributed by atoms with Gasteiger partial charge in [-0.15, -0.1) is 34.3 Å². The first kappa shape index (κ1) is 47.9. The van der Waals surface area contributed by atoms with Gasteiger partial charge in [0.05, 0.1) is 35.0 Å². The average Bonchev–Trinajstić information content (AvgIpc) is 4.07. The van der Waals surface area contributed by atoms with Crippen LogP contribution in [0, 0.1) is 13.8 Å². The molecular weight excluding hydrogens is 896 g/mol. The van der Waals surface area contributed by atoms with Gasteiger partial charge in [0.2, 0.25) is 31.6 Å². The number of aromatic nitrogens is 4. The van der Waals surface area contributed by atoms with Crippen molar-refractivity contribution in [2.45, 2.75) is 79.6 Å². The molecule has 0 fully saturated rings. The summed E-state index contributed by atoms with van der Waals surface area (Å²) in [7, 11) is -6.37. The van der Waals surface area contributed by atoms with Crippen molar-refractivity contribution in [1.29, 1.82) is 0 Å². The van der Waals surface area contributed by atoms with Crippen LogP contribution in [0.25, 0.3) is 42.2 Å². The number of hydrogen-bond donors (Lipinski definition) is 2. The van der Waals surface area contributed by atoms with Gasteiger partial charge >= 0.3 is 0 Å². The van der Waals surface area contributed by atoms with Crippen molar-refractivity contribution in [2.24, 2.45) is 5.14 Å². The van der Waals surface area contributed by atoms with E-state index in [2.05, 4.69) is 83.9 Å². The molecule has 0 spiro atoms. The molecule has 0 aliphatic heterocycles. The van der Waals surface area contributed by atoms with Gasteiger partial charge < -0.3 is 18.3 Å². The number of carbonyl (C=O) groups is 2. The highest BCUT2D eigenvalue weighted by Crippen LogP contribution is 2.34. The van der Waals surface area contributed by atoms with E-state index in [1.165, 1.54) is 4.83 Å². The molecule has 0 saturated carbocycles. The van der Waals surface area contributed by atoms with Gasteiger partial charge in [-0.05, 0) is 86.7 Å². The van der Waals surface area contributed by atoms with E-state index < -0.39 is 20.0 Å². The lowest BCUT2D eigenvalue weighted by molar-refractivity contribution is 0.102. The summed E-state index contributed by atoms with van der Waals surface area (Å²) in [5, 5.41) is 12.7. The number of aryl methyl sites for hydroxylation is 4. The number of thiophene rings is 2. The zero-order valence-electron chi connectivity index (χ0n) is 36.5. The van der Waals surface area contributed by atoms with Gasteiger partial charge in [0.15, 0.2) is 0 Å². The lowest BCUT2D eigenvalue weighted by atomic mass is 10.0. The molecule has 8 rings (SSSR count). The number of nitrogens with one attached hydrogen (secondary N) is 1. The highest BCUT2D eigenvalue weighted by Gasteiger charge is 2.26. The first-order valence-corrected chi connectivity index (χ1v) is 27.0. The minimum atomic E-state index is -3.21. The number of rotatable bonds is 16. The smallest absolute Gasteiger partial charge is 0.211 e. The Kier molecular flexibility index (Phi) is 15.6. The van der Waals surface area contributed by atoms with Crippen molar-refractivity contribution in [3.05, 3.63) is 117 Å². The van der Waals surface area contributed by atoms with Gasteiger partial charge in [-0.25, -0.2) is 26.7 Å². The molecule has 17 heteroatoms. The van der Waals surface area contributed by atoms with E-state index >= 15 is 0 Å². The topological polar surface area (TPSA) is 160 Å². The number of halogens is 1. The first-order chi connectivity index (χ1) is 30.0. The van der Waals surface area contributed by atoms with Crippen molar-refractivity contribution >= 4 is 108 Å². The number of carbonyl (C=O) groups excluding carboxylic acids is 2. The molecule has 0 aliphatic rings. The van der Waals surface area contributed by atoms with E-state index in [9.17, 15) is 26.4 Å². The largest absolute Gasteiger partial charge is 0.344 e. The molecule has 0 amide bonds. The summed E-state index contributed by atoms with van der Waals surface area (Å²) in [4.78, 5) is 29.8. The number of ketones is 2. The van der Waals surface area contributed by atoms with Gasteiger partial charge in [-0.1, -0.05) is 50.2 Å². The van der Waals surface area contributed by atoms with Crippen LogP contribution in [-0.2, 0) is 46.2 Å². The van der Waals surface area contributed by atoms with Crippen LogP contribution < -0.4 is 9.86 Å². The van der Waals surface area contributed by atoms with Crippen molar-refractivity contribution in [3.63, 3.8) is 0 Å². The van der Waals surface area contributed by atoms with Crippen LogP contribution in [0.3, 0.4) is 0 Å². The monoisotopic (exact) mass is 950 g/mol. The maximum Gasteiger partial charge on any atom is 0.211 e. The molecule has 0 unspecified atom stereocenters. The number of alkyl halides is 1. The SMILES string of the molecule is CCCn1c(C(=O)c2c(C)n(CCCCl)c3ccccc23)cc2ccsc21.CCCn1c(C(=O)c2c(C)n(CCCNS(C)(=O)=O)c3ccccc23)cc2ccsc21.CS(N)(=O)=O. The lowest BCUT2D eigenvalue weighted by Crippen LogP contribution is -2.24. The average molecular weight is 952 g/mol. The van der Waals surface area contributed by atoms with Crippen molar-refractivity contribution < 1.29 is 26.4 Å². The predicted molar refractivity (Wildman–Crippen MR) is 262 cm³/mol. The molecule has 0 radical (unpaired) electrons. The Morgan fingerprint density at radius 2 is 1.06 bits per heavy atom. The van der Waals surface area contributed by atoms with Crippen LogP contribution in [0.1, 0.15) is 83.0 Å². The summed E-state index contributed by atoms with van der Waals surface area (Å²) in [6, 6.07) is 24.3. The number of nitrogens with two attached hydrogens (primary N) is 1. The Bertz CT molecular complexity index is 3120. The van der Waals surface area contributed by atoms with Gasteiger partial charge in [0, 0.05) is 82.6 Å². The van der Waals surface area contributed by atoms with Crippen molar-refractivity contribution in [2.75, 3.05) is 24.9 Å². The minimum absolute atomic E-state index is 0.0403. The third-order valence-corrected chi connectivity index (χ3v) is 13.6. The third-order valence-electron chi connectivity index (χ3n) is 10.7. The zero-order valence-corrected chi connectivity index (χ0v) is 40.5. The van der Waals surface area contributed by atoms with E-state index in [1.807, 2.05) is 55.5 Å². The fraction of sp³-hybridized carbons (Fsp3) is 0.348. The number of nitrogens with zero attached hydrogens (tertiary/aromatic N) is 4. The van der Waals surface area contributed by atoms with Crippen LogP contribution in [0.5, 0.6) is 0 Å². The highest BCUT2D eigenvalue weighted by molar-refractivity contribution is 7.88. The fourth-order valence-corrected chi connectivity index (χ4v) is 10.7. The summed E-state index contributed by atoms with van der Waals surface area (Å²) < 4.78 is 52.7. The summed E-state index contributed by atoms with van der Waals surface area (Å²) in [5.74, 6) is 0.772. The van der Waals surface area contributed by atoms with Gasteiger partial charge in [-0.2, -0.15) is 0 Å². The number of para-hydroxylation sites is 2. The Hall–Kier alpha value is -4.55. The van der Waals surface area contributed by atoms with E-state index in [1.54, 1.807) is 22.7 Å². The van der Waals surface area contributed by atoms with Crippen LogP contribution in [0.15, 0.2) is 83.6 Å². The molecule has 3 N–H and O–H groups in total. The second-order valence-electron chi connectivity index (χ2n) is 15.5. The molecule has 63 heavy (non-hydrogen) atoms. The second-order valence-corrected chi connectivity index (χ2v) is 21.2. The molecule has 0 aliphatic carbocycles. The highest BCUT2D eigenvalue weighted by atomic mass is 35.5. The van der Waals surface area contributed by atoms with E-state index in [-0.39, 0.29) is 11.6 Å². The number of primary sulfonamides is 1. The Morgan fingerprint density at radius 1 is 0.651 bits per heavy atom. The Morgan fingerprint density at radius 3 is 1.46 bits per heavy atom. The van der Waals surface area contributed by atoms with Crippen molar-refractivity contribution in [3.8, 4) is 0 Å². The normalized spacial score (nSPS) is 11.9. The second kappa shape index (κ2) is 20.5. The maximum atomic E-state index is 13.8. The van der Waals surface area contributed by atoms with E-state index in [4.69, 9.17) is 11.6 Å². The first-order valence-electron chi connectivity index (χ1n) is 20.9. The molecule has 6 heterocycles. The van der Waals surface area contributed by atoms with Gasteiger partial charge in [0.25, 0.3) is 0 Å². The number of benzene rings is 2. The molecular formula is C46H55ClN6O6S4. The molecule has 2 aromatic carbocycles. The fourth-order valence-electron chi connectivity index (χ4n) is 8.20. The molecule has 0 bridgehead atoms. The number of hydrogen-bond acceptors (Lipinski definition) is 8. The van der Waals surface area contributed by atoms with Gasteiger partial charge in [-0.3, -0.25) is 9.59 Å². The van der Waals surface area contributed by atoms with Crippen LogP contribution in [0.4, 0.5) is 0 Å². The van der Waals surface area contributed by atoms with Crippen molar-refractivity contribution in [1.82, 2.24) is 23.0 Å². The minimum Gasteiger partial charge on any atom is -0.344 e. The summed E-state index contributed by atoms with van der Waals surface area (Å²) in [5.41, 5.74) is 7.13. The van der Waals surface area contributed by atoms with E-state index in [0.29, 0.717) is 25.4 Å². The summed E-state index contributed by atoms with van der Waals surface area (Å²) >= 11 is 9.29. The van der Waals surface area contributed by atoms with Crippen LogP contribution in [0.2, 0.25) is 0 Å². The molecule has 12 nitrogen and oxygen atoms in total. The summed E-state index contributed by atoms with van der Waals surface area (Å²) in [6.45, 7) is 11.8. The third kappa shape index (κ3) is 10.9. The van der Waals surface area contributed by atoms with Gasteiger partial charge in [0.1, 0.15) is 9.66 Å². The molecule has 336 valence electrons. The molecule has 0 saturated heterocycles. The number of fused-ring (bicyclic) bond motifs is 4. The maximum absolute atomic E-state index is 13.8.